The summed E-state index contributed by atoms with van der Waals surface area (Å²) in [5.41, 5.74) is -0.331. The molecule has 2 aromatic rings. The molecular formula is C17H11F7O2. The van der Waals surface area contributed by atoms with Crippen molar-refractivity contribution in [2.45, 2.75) is 24.6 Å². The second kappa shape index (κ2) is 6.97. The predicted octanol–water partition coefficient (Wildman–Crippen LogP) is 5.28. The average molecular weight is 380 g/mol. The van der Waals surface area contributed by atoms with Crippen LogP contribution in [0.25, 0.3) is 0 Å². The Bertz CT molecular complexity index is 770. The molecule has 0 amide bonds. The molecule has 0 aliphatic carbocycles. The molecule has 0 N–H and O–H groups in total. The standard InChI is InChI=1S/C17H11F7O2/c18-15(19,16(20,21)17(22,23)24)14(25)12-7-4-8-13(9-12)26-10-11-5-2-1-3-6-11/h1-9H,10H2. The quantitative estimate of drug-likeness (QED) is 0.503. The monoisotopic (exact) mass is 380 g/mol. The number of benzene rings is 2. The Hall–Kier alpha value is -2.58. The van der Waals surface area contributed by atoms with Gasteiger partial charge in [0.15, 0.2) is 0 Å². The topological polar surface area (TPSA) is 26.3 Å². The number of carbonyl (C=O) groups excluding carboxylic acids is 1. The number of halogens is 7. The molecule has 26 heavy (non-hydrogen) atoms. The third kappa shape index (κ3) is 3.81. The third-order valence-corrected chi connectivity index (χ3v) is 3.38. The molecule has 0 saturated carbocycles. The van der Waals surface area contributed by atoms with Gasteiger partial charge in [-0.15, -0.1) is 0 Å². The predicted molar refractivity (Wildman–Crippen MR) is 77.5 cm³/mol. The lowest BCUT2D eigenvalue weighted by Crippen LogP contribution is -2.56. The first-order valence-corrected chi connectivity index (χ1v) is 7.11. The van der Waals surface area contributed by atoms with Gasteiger partial charge in [-0.1, -0.05) is 42.5 Å². The lowest BCUT2D eigenvalue weighted by atomic mass is 10.00. The average Bonchev–Trinajstić information content (AvgIpc) is 2.59. The van der Waals surface area contributed by atoms with Gasteiger partial charge in [-0.2, -0.15) is 30.7 Å². The van der Waals surface area contributed by atoms with Crippen molar-refractivity contribution >= 4 is 5.78 Å². The zero-order chi connectivity index (χ0) is 19.6. The van der Waals surface area contributed by atoms with E-state index in [0.717, 1.165) is 6.07 Å². The number of hydrogen-bond donors (Lipinski definition) is 0. The van der Waals surface area contributed by atoms with E-state index < -0.39 is 29.4 Å². The maximum Gasteiger partial charge on any atom is 0.460 e. The zero-order valence-electron chi connectivity index (χ0n) is 12.9. The number of rotatable bonds is 6. The summed E-state index contributed by atoms with van der Waals surface area (Å²) in [6.07, 6.45) is -6.58. The van der Waals surface area contributed by atoms with Crippen LogP contribution in [0.15, 0.2) is 54.6 Å². The minimum atomic E-state index is -6.58. The Labute approximate surface area is 143 Å². The van der Waals surface area contributed by atoms with Gasteiger partial charge < -0.3 is 4.74 Å². The van der Waals surface area contributed by atoms with Gasteiger partial charge in [0.05, 0.1) is 0 Å². The van der Waals surface area contributed by atoms with Crippen LogP contribution in [0.1, 0.15) is 15.9 Å². The molecule has 140 valence electrons. The first kappa shape index (κ1) is 19.7. The molecule has 9 heteroatoms. The molecule has 0 atom stereocenters. The summed E-state index contributed by atoms with van der Waals surface area (Å²) in [5.74, 6) is -15.2. The fraction of sp³-hybridized carbons (Fsp3) is 0.235. The van der Waals surface area contributed by atoms with E-state index in [0.29, 0.717) is 17.7 Å². The van der Waals surface area contributed by atoms with Crippen molar-refractivity contribution in [1.82, 2.24) is 0 Å². The van der Waals surface area contributed by atoms with Crippen molar-refractivity contribution in [2.24, 2.45) is 0 Å². The van der Waals surface area contributed by atoms with Crippen LogP contribution in [0.4, 0.5) is 30.7 Å². The summed E-state index contributed by atoms with van der Waals surface area (Å²) in [6, 6.07) is 12.2. The summed E-state index contributed by atoms with van der Waals surface area (Å²) >= 11 is 0. The molecule has 0 aliphatic heterocycles. The van der Waals surface area contributed by atoms with Crippen molar-refractivity contribution < 1.29 is 40.3 Å². The van der Waals surface area contributed by atoms with Gasteiger partial charge >= 0.3 is 18.0 Å². The highest BCUT2D eigenvalue weighted by molar-refractivity contribution is 6.02. The van der Waals surface area contributed by atoms with E-state index in [1.165, 1.54) is 6.07 Å². The largest absolute Gasteiger partial charge is 0.489 e. The highest BCUT2D eigenvalue weighted by Crippen LogP contribution is 2.47. The van der Waals surface area contributed by atoms with Crippen molar-refractivity contribution in [3.63, 3.8) is 0 Å². The van der Waals surface area contributed by atoms with E-state index in [9.17, 15) is 35.5 Å². The SMILES string of the molecule is O=C(c1cccc(OCc2ccccc2)c1)C(F)(F)C(F)(F)C(F)(F)F. The number of Topliss-reactive ketones (excluding diaryl/α,β-unsaturated/α-hetero) is 1. The van der Waals surface area contributed by atoms with Gasteiger partial charge in [-0.3, -0.25) is 4.79 Å². The number of ketones is 1. The van der Waals surface area contributed by atoms with E-state index >= 15 is 0 Å². The zero-order valence-corrected chi connectivity index (χ0v) is 12.9. The normalized spacial score (nSPS) is 12.7. The van der Waals surface area contributed by atoms with Crippen LogP contribution in [-0.2, 0) is 6.61 Å². The lowest BCUT2D eigenvalue weighted by Gasteiger charge is -2.27. The van der Waals surface area contributed by atoms with Gasteiger partial charge in [0.2, 0.25) is 5.78 Å². The third-order valence-electron chi connectivity index (χ3n) is 3.38. The van der Waals surface area contributed by atoms with Gasteiger partial charge in [-0.05, 0) is 17.7 Å². The van der Waals surface area contributed by atoms with Gasteiger partial charge in [0, 0.05) is 5.56 Å². The molecule has 2 aromatic carbocycles. The minimum Gasteiger partial charge on any atom is -0.489 e. The fourth-order valence-corrected chi connectivity index (χ4v) is 1.97. The van der Waals surface area contributed by atoms with E-state index in [1.807, 2.05) is 0 Å². The van der Waals surface area contributed by atoms with Gasteiger partial charge in [-0.25, -0.2) is 0 Å². The summed E-state index contributed by atoms with van der Waals surface area (Å²) in [7, 11) is 0. The highest BCUT2D eigenvalue weighted by atomic mass is 19.4. The minimum absolute atomic E-state index is 0.0203. The molecule has 0 saturated heterocycles. The highest BCUT2D eigenvalue weighted by Gasteiger charge is 2.76. The van der Waals surface area contributed by atoms with E-state index in [4.69, 9.17) is 4.74 Å². The Morgan fingerprint density at radius 3 is 2.04 bits per heavy atom. The molecule has 0 unspecified atom stereocenters. The first-order chi connectivity index (χ1) is 12.0. The second-order valence-corrected chi connectivity index (χ2v) is 5.28. The van der Waals surface area contributed by atoms with Gasteiger partial charge in [0.25, 0.3) is 0 Å². The molecular weight excluding hydrogens is 369 g/mol. The Morgan fingerprint density at radius 2 is 1.46 bits per heavy atom. The van der Waals surface area contributed by atoms with Crippen LogP contribution < -0.4 is 4.74 Å². The van der Waals surface area contributed by atoms with E-state index in [-0.39, 0.29) is 12.4 Å². The molecule has 0 spiro atoms. The van der Waals surface area contributed by atoms with Crippen LogP contribution in [-0.4, -0.2) is 23.8 Å². The number of hydrogen-bond acceptors (Lipinski definition) is 2. The van der Waals surface area contributed by atoms with Gasteiger partial charge in [0.1, 0.15) is 12.4 Å². The molecule has 0 heterocycles. The smallest absolute Gasteiger partial charge is 0.460 e. The van der Waals surface area contributed by atoms with Crippen molar-refractivity contribution in [3.05, 3.63) is 65.7 Å². The Kier molecular flexibility index (Phi) is 5.29. The fourth-order valence-electron chi connectivity index (χ4n) is 1.97. The molecule has 0 fully saturated rings. The van der Waals surface area contributed by atoms with Crippen molar-refractivity contribution in [3.8, 4) is 5.75 Å². The van der Waals surface area contributed by atoms with E-state index in [1.54, 1.807) is 30.3 Å². The molecule has 2 rings (SSSR count). The maximum atomic E-state index is 13.5. The second-order valence-electron chi connectivity index (χ2n) is 5.28. The van der Waals surface area contributed by atoms with Crippen LogP contribution in [0.5, 0.6) is 5.75 Å². The lowest BCUT2D eigenvalue weighted by molar-refractivity contribution is -0.339. The molecule has 0 bridgehead atoms. The van der Waals surface area contributed by atoms with Crippen LogP contribution in [0, 0.1) is 0 Å². The summed E-state index contributed by atoms with van der Waals surface area (Å²) < 4.78 is 94.8. The summed E-state index contributed by atoms with van der Waals surface area (Å²) in [5, 5.41) is 0. The van der Waals surface area contributed by atoms with Crippen molar-refractivity contribution in [2.75, 3.05) is 0 Å². The summed E-state index contributed by atoms with van der Waals surface area (Å²) in [4.78, 5) is 11.6. The van der Waals surface area contributed by atoms with Crippen LogP contribution in [0.3, 0.4) is 0 Å². The van der Waals surface area contributed by atoms with Crippen molar-refractivity contribution in [1.29, 1.82) is 0 Å². The Morgan fingerprint density at radius 1 is 0.846 bits per heavy atom. The van der Waals surface area contributed by atoms with Crippen LogP contribution >= 0.6 is 0 Å². The van der Waals surface area contributed by atoms with Crippen LogP contribution in [0.2, 0.25) is 0 Å². The molecule has 0 radical (unpaired) electrons. The molecule has 2 nitrogen and oxygen atoms in total. The first-order valence-electron chi connectivity index (χ1n) is 7.11. The summed E-state index contributed by atoms with van der Waals surface area (Å²) in [6.45, 7) is -0.0203. The Balaban J connectivity index is 2.22. The molecule has 0 aliphatic rings. The number of carbonyl (C=O) groups is 1. The molecule has 0 aromatic heterocycles. The number of ether oxygens (including phenoxy) is 1. The van der Waals surface area contributed by atoms with E-state index in [2.05, 4.69) is 0 Å². The maximum absolute atomic E-state index is 13.5. The number of alkyl halides is 7.